The second-order valence-electron chi connectivity index (χ2n) is 5.99. The van der Waals surface area contributed by atoms with Crippen LogP contribution in [0.2, 0.25) is 0 Å². The number of rotatable bonds is 4. The van der Waals surface area contributed by atoms with E-state index in [9.17, 15) is 9.59 Å². The Morgan fingerprint density at radius 1 is 1.16 bits per heavy atom. The Hall–Kier alpha value is -2.96. The number of amides is 2. The van der Waals surface area contributed by atoms with Crippen molar-refractivity contribution in [3.63, 3.8) is 0 Å². The number of hydrogen-bond donors (Lipinski definition) is 2. The van der Waals surface area contributed by atoms with Gasteiger partial charge < -0.3 is 15.5 Å². The Labute approximate surface area is 146 Å². The summed E-state index contributed by atoms with van der Waals surface area (Å²) < 4.78 is 0. The van der Waals surface area contributed by atoms with Crippen molar-refractivity contribution in [1.82, 2.24) is 14.9 Å². The highest BCUT2D eigenvalue weighted by Gasteiger charge is 2.31. The molecule has 0 aliphatic carbocycles. The molecule has 2 aromatic heterocycles. The van der Waals surface area contributed by atoms with Crippen LogP contribution in [0.15, 0.2) is 36.7 Å². The maximum atomic E-state index is 13.0. The van der Waals surface area contributed by atoms with E-state index in [0.29, 0.717) is 17.9 Å². The summed E-state index contributed by atoms with van der Waals surface area (Å²) in [4.78, 5) is 34.3. The molecule has 0 radical (unpaired) electrons. The fraction of sp³-hybridized carbons (Fsp3) is 0.333. The molecule has 1 fully saturated rings. The van der Waals surface area contributed by atoms with E-state index in [1.54, 1.807) is 18.3 Å². The van der Waals surface area contributed by atoms with Crippen molar-refractivity contribution in [2.24, 2.45) is 0 Å². The predicted octanol–water partition coefficient (Wildman–Crippen LogP) is 2.45. The van der Waals surface area contributed by atoms with Crippen LogP contribution in [0.25, 0.3) is 0 Å². The highest BCUT2D eigenvalue weighted by Crippen LogP contribution is 2.33. The third kappa shape index (κ3) is 3.76. The molecule has 0 bridgehead atoms. The highest BCUT2D eigenvalue weighted by molar-refractivity contribution is 5.96. The third-order valence-electron chi connectivity index (χ3n) is 4.25. The first-order valence-corrected chi connectivity index (χ1v) is 8.27. The normalized spacial score (nSPS) is 16.6. The zero-order valence-corrected chi connectivity index (χ0v) is 14.3. The molecule has 1 aliphatic heterocycles. The fourth-order valence-electron chi connectivity index (χ4n) is 3.13. The van der Waals surface area contributed by atoms with Crippen LogP contribution in [-0.4, -0.2) is 40.3 Å². The second-order valence-corrected chi connectivity index (χ2v) is 5.99. The molecule has 3 heterocycles. The second kappa shape index (κ2) is 7.29. The van der Waals surface area contributed by atoms with Crippen molar-refractivity contribution < 1.29 is 9.59 Å². The molecule has 3 rings (SSSR count). The molecule has 0 aromatic carbocycles. The molecule has 2 amide bonds. The van der Waals surface area contributed by atoms with Gasteiger partial charge >= 0.3 is 0 Å². The fourth-order valence-corrected chi connectivity index (χ4v) is 3.13. The van der Waals surface area contributed by atoms with E-state index in [-0.39, 0.29) is 17.9 Å². The average molecular weight is 339 g/mol. The summed E-state index contributed by atoms with van der Waals surface area (Å²) in [5.41, 5.74) is 1.59. The minimum Gasteiger partial charge on any atom is -0.373 e. The standard InChI is InChI=1S/C18H21N5O2/c1-12(24)22-17-11-14(6-8-21-17)18(25)23-9-3-4-15(23)13-5-7-20-16(10-13)19-2/h5-8,10-11,15H,3-4,9H2,1-2H3,(H,19,20)(H,21,22,24)/t15-/m1/s1. The Kier molecular flexibility index (Phi) is 4.92. The number of aromatic nitrogens is 2. The van der Waals surface area contributed by atoms with E-state index in [0.717, 1.165) is 24.2 Å². The summed E-state index contributed by atoms with van der Waals surface area (Å²) in [6.45, 7) is 2.12. The summed E-state index contributed by atoms with van der Waals surface area (Å²) in [7, 11) is 1.82. The molecule has 0 unspecified atom stereocenters. The zero-order valence-electron chi connectivity index (χ0n) is 14.3. The summed E-state index contributed by atoms with van der Waals surface area (Å²) in [5.74, 6) is 0.899. The van der Waals surface area contributed by atoms with Gasteiger partial charge in [0.1, 0.15) is 11.6 Å². The third-order valence-corrected chi connectivity index (χ3v) is 4.25. The molecular weight excluding hydrogens is 318 g/mol. The highest BCUT2D eigenvalue weighted by atomic mass is 16.2. The summed E-state index contributed by atoms with van der Waals surface area (Å²) in [6, 6.07) is 7.25. The van der Waals surface area contributed by atoms with Crippen molar-refractivity contribution in [2.45, 2.75) is 25.8 Å². The number of likely N-dealkylation sites (tertiary alicyclic amines) is 1. The van der Waals surface area contributed by atoms with Gasteiger partial charge in [0.2, 0.25) is 5.91 Å². The molecule has 25 heavy (non-hydrogen) atoms. The number of hydrogen-bond acceptors (Lipinski definition) is 5. The smallest absolute Gasteiger partial charge is 0.254 e. The Morgan fingerprint density at radius 2 is 1.92 bits per heavy atom. The first kappa shape index (κ1) is 16.9. The van der Waals surface area contributed by atoms with Crippen LogP contribution in [0, 0.1) is 0 Å². The van der Waals surface area contributed by atoms with Crippen LogP contribution in [0.5, 0.6) is 0 Å². The molecule has 7 nitrogen and oxygen atoms in total. The topological polar surface area (TPSA) is 87.2 Å². The summed E-state index contributed by atoms with van der Waals surface area (Å²) in [6.07, 6.45) is 5.17. The number of anilines is 2. The lowest BCUT2D eigenvalue weighted by Gasteiger charge is -2.25. The molecule has 1 atom stereocenters. The molecular formula is C18H21N5O2. The number of carbonyl (C=O) groups is 2. The van der Waals surface area contributed by atoms with Crippen molar-refractivity contribution in [3.05, 3.63) is 47.8 Å². The van der Waals surface area contributed by atoms with Crippen LogP contribution in [-0.2, 0) is 4.79 Å². The monoisotopic (exact) mass is 339 g/mol. The van der Waals surface area contributed by atoms with Gasteiger partial charge in [-0.25, -0.2) is 9.97 Å². The summed E-state index contributed by atoms with van der Waals surface area (Å²) in [5, 5.41) is 5.64. The maximum Gasteiger partial charge on any atom is 0.254 e. The number of pyridine rings is 2. The van der Waals surface area contributed by atoms with Crippen LogP contribution in [0.1, 0.15) is 41.7 Å². The van der Waals surface area contributed by atoms with Crippen LogP contribution < -0.4 is 10.6 Å². The molecule has 1 aliphatic rings. The maximum absolute atomic E-state index is 13.0. The minimum atomic E-state index is -0.215. The molecule has 0 saturated carbocycles. The van der Waals surface area contributed by atoms with E-state index in [1.165, 1.54) is 13.1 Å². The molecule has 130 valence electrons. The Morgan fingerprint density at radius 3 is 2.68 bits per heavy atom. The lowest BCUT2D eigenvalue weighted by Crippen LogP contribution is -2.30. The zero-order chi connectivity index (χ0) is 17.8. The van der Waals surface area contributed by atoms with Crippen molar-refractivity contribution in [3.8, 4) is 0 Å². The van der Waals surface area contributed by atoms with Crippen LogP contribution in [0.3, 0.4) is 0 Å². The van der Waals surface area contributed by atoms with E-state index < -0.39 is 0 Å². The van der Waals surface area contributed by atoms with Gasteiger partial charge in [-0.15, -0.1) is 0 Å². The van der Waals surface area contributed by atoms with Gasteiger partial charge in [0.25, 0.3) is 5.91 Å². The van der Waals surface area contributed by atoms with Crippen LogP contribution >= 0.6 is 0 Å². The Balaban J connectivity index is 1.84. The molecule has 1 saturated heterocycles. The minimum absolute atomic E-state index is 0.0278. The number of nitrogens with zero attached hydrogens (tertiary/aromatic N) is 3. The lowest BCUT2D eigenvalue weighted by molar-refractivity contribution is -0.114. The first-order chi connectivity index (χ1) is 12.1. The van der Waals surface area contributed by atoms with E-state index in [1.807, 2.05) is 24.1 Å². The van der Waals surface area contributed by atoms with Gasteiger partial charge in [0.15, 0.2) is 0 Å². The summed E-state index contributed by atoms with van der Waals surface area (Å²) >= 11 is 0. The Bertz CT molecular complexity index is 793. The lowest BCUT2D eigenvalue weighted by atomic mass is 10.1. The van der Waals surface area contributed by atoms with Gasteiger partial charge in [0.05, 0.1) is 6.04 Å². The quantitative estimate of drug-likeness (QED) is 0.893. The van der Waals surface area contributed by atoms with Crippen molar-refractivity contribution in [2.75, 3.05) is 24.2 Å². The van der Waals surface area contributed by atoms with Gasteiger partial charge in [-0.05, 0) is 42.7 Å². The van der Waals surface area contributed by atoms with Gasteiger partial charge in [-0.3, -0.25) is 9.59 Å². The predicted molar refractivity (Wildman–Crippen MR) is 95.3 cm³/mol. The largest absolute Gasteiger partial charge is 0.373 e. The van der Waals surface area contributed by atoms with Gasteiger partial charge in [0, 0.05) is 38.5 Å². The molecule has 7 heteroatoms. The number of nitrogens with one attached hydrogen (secondary N) is 2. The molecule has 0 spiro atoms. The van der Waals surface area contributed by atoms with Gasteiger partial charge in [-0.2, -0.15) is 0 Å². The van der Waals surface area contributed by atoms with E-state index in [2.05, 4.69) is 20.6 Å². The van der Waals surface area contributed by atoms with Crippen LogP contribution in [0.4, 0.5) is 11.6 Å². The van der Waals surface area contributed by atoms with Gasteiger partial charge in [-0.1, -0.05) is 0 Å². The first-order valence-electron chi connectivity index (χ1n) is 8.27. The SMILES string of the molecule is CNc1cc([C@H]2CCCN2C(=O)c2ccnc(NC(C)=O)c2)ccn1. The van der Waals surface area contributed by atoms with E-state index in [4.69, 9.17) is 0 Å². The molecule has 2 aromatic rings. The van der Waals surface area contributed by atoms with Crippen molar-refractivity contribution >= 4 is 23.5 Å². The average Bonchev–Trinajstić information content (AvgIpc) is 3.10. The van der Waals surface area contributed by atoms with E-state index >= 15 is 0 Å². The number of carbonyl (C=O) groups excluding carboxylic acids is 2. The molecule has 2 N–H and O–H groups in total. The van der Waals surface area contributed by atoms with Crippen molar-refractivity contribution in [1.29, 1.82) is 0 Å².